The standard InChI is InChI=1S/C21H22ClF3N4O3S/c1-4-29-19(32-16-8-9-18(22)26-12-16)11-17(27-29)14-6-5-7-15(10-14)20(2,3)28-33(30,31)13-21(23,24)25/h5-12,28H,4,13H2,1-3H3. The average Bonchev–Trinajstić information content (AvgIpc) is 3.10. The number of sulfonamides is 1. The summed E-state index contributed by atoms with van der Waals surface area (Å²) in [7, 11) is -4.60. The Morgan fingerprint density at radius 2 is 1.88 bits per heavy atom. The van der Waals surface area contributed by atoms with Gasteiger partial charge in [-0.25, -0.2) is 22.8 Å². The van der Waals surface area contributed by atoms with Crippen LogP contribution in [-0.4, -0.2) is 35.1 Å². The molecule has 1 aromatic carbocycles. The first-order valence-electron chi connectivity index (χ1n) is 9.84. The number of aromatic nitrogens is 3. The molecule has 3 aromatic rings. The molecule has 0 saturated heterocycles. The van der Waals surface area contributed by atoms with E-state index >= 15 is 0 Å². The Hall–Kier alpha value is -2.63. The molecule has 0 spiro atoms. The number of aryl methyl sites for hydroxylation is 1. The second-order valence-corrected chi connectivity index (χ2v) is 9.89. The number of rotatable bonds is 8. The second-order valence-electron chi connectivity index (χ2n) is 7.78. The van der Waals surface area contributed by atoms with Crippen molar-refractivity contribution >= 4 is 21.6 Å². The summed E-state index contributed by atoms with van der Waals surface area (Å²) in [6, 6.07) is 11.7. The molecule has 3 rings (SSSR count). The molecule has 1 N–H and O–H groups in total. The highest BCUT2D eigenvalue weighted by Crippen LogP contribution is 2.31. The molecule has 7 nitrogen and oxygen atoms in total. The Morgan fingerprint density at radius 3 is 2.48 bits per heavy atom. The minimum Gasteiger partial charge on any atom is -0.438 e. The van der Waals surface area contributed by atoms with Crippen LogP contribution >= 0.6 is 11.6 Å². The van der Waals surface area contributed by atoms with E-state index in [0.717, 1.165) is 0 Å². The van der Waals surface area contributed by atoms with E-state index in [1.807, 2.05) is 6.92 Å². The van der Waals surface area contributed by atoms with Crippen LogP contribution in [0.4, 0.5) is 13.2 Å². The third-order valence-electron chi connectivity index (χ3n) is 4.61. The van der Waals surface area contributed by atoms with Crippen molar-refractivity contribution in [3.05, 3.63) is 59.4 Å². The van der Waals surface area contributed by atoms with Crippen molar-refractivity contribution in [3.8, 4) is 22.9 Å². The summed E-state index contributed by atoms with van der Waals surface area (Å²) < 4.78 is 71.4. The van der Waals surface area contributed by atoms with E-state index in [9.17, 15) is 21.6 Å². The Morgan fingerprint density at radius 1 is 1.15 bits per heavy atom. The zero-order chi connectivity index (χ0) is 24.4. The van der Waals surface area contributed by atoms with Crippen LogP contribution in [-0.2, 0) is 22.1 Å². The van der Waals surface area contributed by atoms with Gasteiger partial charge in [-0.3, -0.25) is 0 Å². The number of benzene rings is 1. The van der Waals surface area contributed by atoms with E-state index in [-0.39, 0.29) is 0 Å². The van der Waals surface area contributed by atoms with Gasteiger partial charge in [0.25, 0.3) is 0 Å². The van der Waals surface area contributed by atoms with Crippen LogP contribution in [0, 0.1) is 0 Å². The maximum Gasteiger partial charge on any atom is 0.404 e. The second kappa shape index (κ2) is 9.32. The first kappa shape index (κ1) is 25.0. The number of halogens is 4. The molecule has 12 heteroatoms. The Balaban J connectivity index is 1.88. The van der Waals surface area contributed by atoms with E-state index < -0.39 is 27.5 Å². The van der Waals surface area contributed by atoms with Gasteiger partial charge in [0.05, 0.1) is 17.4 Å². The summed E-state index contributed by atoms with van der Waals surface area (Å²) in [6.07, 6.45) is -3.36. The summed E-state index contributed by atoms with van der Waals surface area (Å²) in [5, 5.41) is 4.85. The molecule has 2 heterocycles. The van der Waals surface area contributed by atoms with Crippen molar-refractivity contribution in [2.24, 2.45) is 0 Å². The molecule has 178 valence electrons. The highest BCUT2D eigenvalue weighted by atomic mass is 35.5. The fourth-order valence-electron chi connectivity index (χ4n) is 3.16. The molecule has 0 saturated carbocycles. The molecule has 0 amide bonds. The molecule has 33 heavy (non-hydrogen) atoms. The maximum atomic E-state index is 12.6. The number of nitrogens with one attached hydrogen (secondary N) is 1. The summed E-state index contributed by atoms with van der Waals surface area (Å²) in [6.45, 7) is 5.39. The molecule has 0 radical (unpaired) electrons. The van der Waals surface area contributed by atoms with Gasteiger partial charge in [-0.05, 0) is 44.5 Å². The first-order chi connectivity index (χ1) is 15.3. The number of hydrogen-bond donors (Lipinski definition) is 1. The number of hydrogen-bond acceptors (Lipinski definition) is 5. The van der Waals surface area contributed by atoms with Crippen LogP contribution in [0.25, 0.3) is 11.3 Å². The highest BCUT2D eigenvalue weighted by Gasteiger charge is 2.38. The lowest BCUT2D eigenvalue weighted by molar-refractivity contribution is -0.106. The van der Waals surface area contributed by atoms with Gasteiger partial charge in [-0.1, -0.05) is 29.8 Å². The SMILES string of the molecule is CCn1nc(-c2cccc(C(C)(C)NS(=O)(=O)CC(F)(F)F)c2)cc1Oc1ccc(Cl)nc1. The predicted octanol–water partition coefficient (Wildman–Crippen LogP) is 5.13. The van der Waals surface area contributed by atoms with Gasteiger partial charge in [0, 0.05) is 18.2 Å². The molecular weight excluding hydrogens is 481 g/mol. The van der Waals surface area contributed by atoms with Gasteiger partial charge < -0.3 is 4.74 Å². The van der Waals surface area contributed by atoms with Crippen molar-refractivity contribution in [2.45, 2.75) is 39.0 Å². The molecule has 0 fully saturated rings. The van der Waals surface area contributed by atoms with Gasteiger partial charge in [0.1, 0.15) is 10.9 Å². The first-order valence-corrected chi connectivity index (χ1v) is 11.9. The van der Waals surface area contributed by atoms with Crippen LogP contribution in [0.5, 0.6) is 11.6 Å². The predicted molar refractivity (Wildman–Crippen MR) is 119 cm³/mol. The molecule has 2 aromatic heterocycles. The van der Waals surface area contributed by atoms with E-state index in [2.05, 4.69) is 14.8 Å². The summed E-state index contributed by atoms with van der Waals surface area (Å²) >= 11 is 5.80. The van der Waals surface area contributed by atoms with Crippen LogP contribution in [0.3, 0.4) is 0 Å². The monoisotopic (exact) mass is 502 g/mol. The lowest BCUT2D eigenvalue weighted by Crippen LogP contribution is -2.44. The zero-order valence-corrected chi connectivity index (χ0v) is 19.6. The summed E-state index contributed by atoms with van der Waals surface area (Å²) in [5.41, 5.74) is 0.370. The van der Waals surface area contributed by atoms with Gasteiger partial charge in [0.2, 0.25) is 15.9 Å². The van der Waals surface area contributed by atoms with Crippen LogP contribution in [0.15, 0.2) is 48.7 Å². The largest absolute Gasteiger partial charge is 0.438 e. The fourth-order valence-corrected chi connectivity index (χ4v) is 4.67. The third kappa shape index (κ3) is 6.68. The average molecular weight is 503 g/mol. The van der Waals surface area contributed by atoms with E-state index in [1.165, 1.54) is 20.0 Å². The molecule has 0 aliphatic carbocycles. The van der Waals surface area contributed by atoms with E-state index in [4.69, 9.17) is 16.3 Å². The Kier molecular flexibility index (Phi) is 7.06. The molecule has 0 aliphatic heterocycles. The third-order valence-corrected chi connectivity index (χ3v) is 6.36. The van der Waals surface area contributed by atoms with Crippen LogP contribution in [0.1, 0.15) is 26.3 Å². The molecule has 0 atom stereocenters. The zero-order valence-electron chi connectivity index (χ0n) is 18.0. The van der Waals surface area contributed by atoms with Crippen molar-refractivity contribution in [1.29, 1.82) is 0 Å². The Bertz CT molecular complexity index is 1230. The van der Waals surface area contributed by atoms with Crippen LogP contribution < -0.4 is 9.46 Å². The lowest BCUT2D eigenvalue weighted by atomic mass is 9.93. The van der Waals surface area contributed by atoms with Gasteiger partial charge in [-0.15, -0.1) is 0 Å². The number of nitrogens with zero attached hydrogens (tertiary/aromatic N) is 3. The van der Waals surface area contributed by atoms with Gasteiger partial charge in [0.15, 0.2) is 5.75 Å². The minimum absolute atomic E-state index is 0.331. The van der Waals surface area contributed by atoms with Crippen molar-refractivity contribution in [2.75, 3.05) is 5.75 Å². The van der Waals surface area contributed by atoms with E-state index in [1.54, 1.807) is 47.1 Å². The van der Waals surface area contributed by atoms with Gasteiger partial charge >= 0.3 is 6.18 Å². The summed E-state index contributed by atoms with van der Waals surface area (Å²) in [5.74, 6) is -1.04. The quantitative estimate of drug-likeness (QED) is 0.432. The topological polar surface area (TPSA) is 86.1 Å². The molecular formula is C21H22ClF3N4O3S. The number of ether oxygens (including phenoxy) is 1. The fraction of sp³-hybridized carbons (Fsp3) is 0.333. The van der Waals surface area contributed by atoms with E-state index in [0.29, 0.717) is 40.1 Å². The number of pyridine rings is 1. The smallest absolute Gasteiger partial charge is 0.404 e. The lowest BCUT2D eigenvalue weighted by Gasteiger charge is -2.27. The van der Waals surface area contributed by atoms with Gasteiger partial charge in [-0.2, -0.15) is 18.3 Å². The van der Waals surface area contributed by atoms with Crippen molar-refractivity contribution < 1.29 is 26.3 Å². The molecule has 0 aliphatic rings. The van der Waals surface area contributed by atoms with Crippen molar-refractivity contribution in [1.82, 2.24) is 19.5 Å². The summed E-state index contributed by atoms with van der Waals surface area (Å²) in [4.78, 5) is 3.97. The molecule has 0 unspecified atom stereocenters. The number of alkyl halides is 3. The molecule has 0 bridgehead atoms. The maximum absolute atomic E-state index is 12.6. The normalized spacial score (nSPS) is 12.7. The minimum atomic E-state index is -4.84. The highest BCUT2D eigenvalue weighted by molar-refractivity contribution is 7.89. The van der Waals surface area contributed by atoms with Crippen LogP contribution in [0.2, 0.25) is 5.15 Å². The Labute approximate surface area is 194 Å². The van der Waals surface area contributed by atoms with Crippen molar-refractivity contribution in [3.63, 3.8) is 0 Å².